The summed E-state index contributed by atoms with van der Waals surface area (Å²) in [6.45, 7) is -0.300. The van der Waals surface area contributed by atoms with Crippen LogP contribution in [0.4, 0.5) is 13.2 Å². The molecule has 1 aromatic carbocycles. The first-order valence-corrected chi connectivity index (χ1v) is 7.13. The number of imidazole rings is 1. The summed E-state index contributed by atoms with van der Waals surface area (Å²) in [5.41, 5.74) is -1.91. The van der Waals surface area contributed by atoms with Gasteiger partial charge >= 0.3 is 11.9 Å². The lowest BCUT2D eigenvalue weighted by Crippen LogP contribution is -2.29. The lowest BCUT2D eigenvalue weighted by molar-refractivity contribution is -0.139. The Morgan fingerprint density at radius 1 is 1.16 bits per heavy atom. The van der Waals surface area contributed by atoms with Crippen LogP contribution in [0.3, 0.4) is 0 Å². The standard InChI is InChI=1S/C15H13F3N4O3/c1-21-10(19-12-11(21)13(23)20-14(24)22(12)2)7-25-9-6-4-3-5-8(9)15(16,17)18/h3-6H,7H2,1-2H3,(H,20,23,24). The molecule has 0 fully saturated rings. The van der Waals surface area contributed by atoms with Crippen molar-refractivity contribution in [1.29, 1.82) is 0 Å². The van der Waals surface area contributed by atoms with Gasteiger partial charge in [0.05, 0.1) is 5.56 Å². The molecule has 0 saturated carbocycles. The summed E-state index contributed by atoms with van der Waals surface area (Å²) in [4.78, 5) is 29.8. The van der Waals surface area contributed by atoms with Gasteiger partial charge in [0.25, 0.3) is 5.56 Å². The number of aryl methyl sites for hydroxylation is 2. The Morgan fingerprint density at radius 3 is 2.52 bits per heavy atom. The minimum absolute atomic E-state index is 0.124. The molecule has 2 aromatic heterocycles. The van der Waals surface area contributed by atoms with Crippen LogP contribution in [-0.2, 0) is 26.9 Å². The Balaban J connectivity index is 2.00. The molecule has 0 bridgehead atoms. The SMILES string of the molecule is Cn1c(COc2ccccc2C(F)(F)F)nc2c1c(=O)[nH]c(=O)n2C. The number of hydrogen-bond donors (Lipinski definition) is 1. The molecule has 1 N–H and O–H groups in total. The fraction of sp³-hybridized carbons (Fsp3) is 0.267. The lowest BCUT2D eigenvalue weighted by Gasteiger charge is -2.13. The number of ether oxygens (including phenoxy) is 1. The Kier molecular flexibility index (Phi) is 3.90. The van der Waals surface area contributed by atoms with E-state index in [1.165, 1.54) is 36.9 Å². The Hall–Kier alpha value is -3.04. The molecule has 2 heterocycles. The monoisotopic (exact) mass is 354 g/mol. The lowest BCUT2D eigenvalue weighted by atomic mass is 10.2. The number of nitrogens with one attached hydrogen (secondary N) is 1. The summed E-state index contributed by atoms with van der Waals surface area (Å²) < 4.78 is 46.7. The van der Waals surface area contributed by atoms with Crippen molar-refractivity contribution >= 4 is 11.2 Å². The van der Waals surface area contributed by atoms with Crippen LogP contribution in [0, 0.1) is 0 Å². The van der Waals surface area contributed by atoms with Crippen LogP contribution >= 0.6 is 0 Å². The smallest absolute Gasteiger partial charge is 0.419 e. The second kappa shape index (κ2) is 5.80. The fourth-order valence-corrected chi connectivity index (χ4v) is 2.45. The van der Waals surface area contributed by atoms with Crippen molar-refractivity contribution in [2.24, 2.45) is 14.1 Å². The average molecular weight is 354 g/mol. The molecule has 0 saturated heterocycles. The number of para-hydroxylation sites is 1. The molecule has 0 unspecified atom stereocenters. The third-order valence-corrected chi connectivity index (χ3v) is 3.78. The Labute approximate surface area is 138 Å². The molecule has 3 aromatic rings. The first-order valence-electron chi connectivity index (χ1n) is 7.13. The highest BCUT2D eigenvalue weighted by Gasteiger charge is 2.34. The van der Waals surface area contributed by atoms with Crippen LogP contribution in [0.2, 0.25) is 0 Å². The maximum absolute atomic E-state index is 13.0. The van der Waals surface area contributed by atoms with Gasteiger partial charge < -0.3 is 9.30 Å². The van der Waals surface area contributed by atoms with Gasteiger partial charge in [0.2, 0.25) is 0 Å². The Bertz CT molecular complexity index is 1060. The van der Waals surface area contributed by atoms with Crippen molar-refractivity contribution in [2.45, 2.75) is 12.8 Å². The number of H-pyrrole nitrogens is 1. The second-order valence-corrected chi connectivity index (χ2v) is 5.36. The van der Waals surface area contributed by atoms with E-state index in [-0.39, 0.29) is 29.3 Å². The van der Waals surface area contributed by atoms with E-state index in [1.807, 2.05) is 0 Å². The molecule has 10 heteroatoms. The average Bonchev–Trinajstić information content (AvgIpc) is 2.87. The van der Waals surface area contributed by atoms with E-state index < -0.39 is 23.0 Å². The number of alkyl halides is 3. The summed E-state index contributed by atoms with van der Waals surface area (Å²) in [6.07, 6.45) is -4.55. The number of benzene rings is 1. The first-order chi connectivity index (χ1) is 11.7. The summed E-state index contributed by atoms with van der Waals surface area (Å²) >= 11 is 0. The fourth-order valence-electron chi connectivity index (χ4n) is 2.45. The van der Waals surface area contributed by atoms with Gasteiger partial charge in [-0.2, -0.15) is 13.2 Å². The summed E-state index contributed by atoms with van der Waals surface area (Å²) in [7, 11) is 2.95. The van der Waals surface area contributed by atoms with Crippen LogP contribution in [0.25, 0.3) is 11.2 Å². The molecule has 0 radical (unpaired) electrons. The molecule has 0 aliphatic heterocycles. The van der Waals surface area contributed by atoms with E-state index in [2.05, 4.69) is 9.97 Å². The summed E-state index contributed by atoms with van der Waals surface area (Å²) in [5, 5.41) is 0. The third kappa shape index (κ3) is 2.90. The third-order valence-electron chi connectivity index (χ3n) is 3.78. The molecule has 0 spiro atoms. The number of hydrogen-bond acceptors (Lipinski definition) is 4. The van der Waals surface area contributed by atoms with Gasteiger partial charge in [-0.15, -0.1) is 0 Å². The van der Waals surface area contributed by atoms with Crippen molar-refractivity contribution < 1.29 is 17.9 Å². The van der Waals surface area contributed by atoms with Crippen LogP contribution < -0.4 is 16.0 Å². The first kappa shape index (κ1) is 16.8. The van der Waals surface area contributed by atoms with Gasteiger partial charge in [0.15, 0.2) is 11.2 Å². The molecule has 0 amide bonds. The van der Waals surface area contributed by atoms with Crippen molar-refractivity contribution in [3.8, 4) is 5.75 Å². The number of aromatic amines is 1. The molecule has 25 heavy (non-hydrogen) atoms. The van der Waals surface area contributed by atoms with Crippen molar-refractivity contribution in [1.82, 2.24) is 19.1 Å². The van der Waals surface area contributed by atoms with E-state index in [0.717, 1.165) is 10.6 Å². The second-order valence-electron chi connectivity index (χ2n) is 5.36. The minimum atomic E-state index is -4.55. The van der Waals surface area contributed by atoms with E-state index in [0.29, 0.717) is 0 Å². The molecule has 0 aliphatic rings. The molecule has 0 aliphatic carbocycles. The topological polar surface area (TPSA) is 81.9 Å². The molecular weight excluding hydrogens is 341 g/mol. The summed E-state index contributed by atoms with van der Waals surface area (Å²) in [6, 6.07) is 4.81. The van der Waals surface area contributed by atoms with Crippen LogP contribution in [0.5, 0.6) is 5.75 Å². The number of nitrogens with zero attached hydrogens (tertiary/aromatic N) is 3. The van der Waals surface area contributed by atoms with Crippen LogP contribution in [0.1, 0.15) is 11.4 Å². The molecule has 3 rings (SSSR count). The predicted molar refractivity (Wildman–Crippen MR) is 82.4 cm³/mol. The quantitative estimate of drug-likeness (QED) is 0.774. The number of aromatic nitrogens is 4. The maximum atomic E-state index is 13.0. The molecule has 132 valence electrons. The van der Waals surface area contributed by atoms with Gasteiger partial charge in [-0.05, 0) is 12.1 Å². The molecule has 0 atom stereocenters. The summed E-state index contributed by atoms with van der Waals surface area (Å²) in [5.74, 6) is -0.136. The highest BCUT2D eigenvalue weighted by molar-refractivity contribution is 5.70. The van der Waals surface area contributed by atoms with Gasteiger partial charge in [0.1, 0.15) is 18.2 Å². The van der Waals surface area contributed by atoms with Crippen molar-refractivity contribution in [3.05, 3.63) is 56.5 Å². The van der Waals surface area contributed by atoms with Crippen molar-refractivity contribution in [3.63, 3.8) is 0 Å². The normalized spacial score (nSPS) is 11.9. The van der Waals surface area contributed by atoms with Crippen LogP contribution in [-0.4, -0.2) is 19.1 Å². The zero-order chi connectivity index (χ0) is 18.4. The predicted octanol–water partition coefficient (Wildman–Crippen LogP) is 1.56. The zero-order valence-corrected chi connectivity index (χ0v) is 13.2. The maximum Gasteiger partial charge on any atom is 0.419 e. The number of halogens is 3. The zero-order valence-electron chi connectivity index (χ0n) is 13.2. The van der Waals surface area contributed by atoms with Gasteiger partial charge in [0, 0.05) is 14.1 Å². The van der Waals surface area contributed by atoms with Crippen molar-refractivity contribution in [2.75, 3.05) is 0 Å². The van der Waals surface area contributed by atoms with Gasteiger partial charge in [-0.3, -0.25) is 14.3 Å². The minimum Gasteiger partial charge on any atom is -0.485 e. The largest absolute Gasteiger partial charge is 0.485 e. The highest BCUT2D eigenvalue weighted by Crippen LogP contribution is 2.36. The van der Waals surface area contributed by atoms with Gasteiger partial charge in [-0.25, -0.2) is 9.78 Å². The van der Waals surface area contributed by atoms with E-state index in [9.17, 15) is 22.8 Å². The van der Waals surface area contributed by atoms with Gasteiger partial charge in [-0.1, -0.05) is 12.1 Å². The molecular formula is C15H13F3N4O3. The number of rotatable bonds is 3. The molecule has 7 nitrogen and oxygen atoms in total. The van der Waals surface area contributed by atoms with E-state index in [1.54, 1.807) is 0 Å². The highest BCUT2D eigenvalue weighted by atomic mass is 19.4. The van der Waals surface area contributed by atoms with E-state index in [4.69, 9.17) is 4.74 Å². The van der Waals surface area contributed by atoms with E-state index >= 15 is 0 Å². The van der Waals surface area contributed by atoms with Crippen LogP contribution in [0.15, 0.2) is 33.9 Å². The number of fused-ring (bicyclic) bond motifs is 1. The Morgan fingerprint density at radius 2 is 1.84 bits per heavy atom.